The maximum absolute atomic E-state index is 13.4. The highest BCUT2D eigenvalue weighted by Gasteiger charge is 2.49. The summed E-state index contributed by atoms with van der Waals surface area (Å²) in [5, 5.41) is 9.70. The molecule has 0 bridgehead atoms. The quantitative estimate of drug-likeness (QED) is 0.884. The highest BCUT2D eigenvalue weighted by atomic mass is 19.4. The number of hydrogen-bond donors (Lipinski definition) is 2. The van der Waals surface area contributed by atoms with Crippen molar-refractivity contribution >= 4 is 17.4 Å². The van der Waals surface area contributed by atoms with Gasteiger partial charge in [0, 0.05) is 17.8 Å². The minimum atomic E-state index is -4.40. The molecule has 2 aliphatic rings. The van der Waals surface area contributed by atoms with Crippen LogP contribution in [0, 0.1) is 5.92 Å². The molecular weight excluding hydrogens is 333 g/mol. The number of para-hydroxylation sites is 1. The first-order valence-corrected chi connectivity index (χ1v) is 8.21. The molecule has 1 amide bonds. The van der Waals surface area contributed by atoms with Crippen LogP contribution in [0.4, 0.5) is 24.7 Å². The Morgan fingerprint density at radius 1 is 1.24 bits per heavy atom. The molecule has 0 saturated heterocycles. The number of rotatable bonds is 3. The highest BCUT2D eigenvalue weighted by molar-refractivity contribution is 6.03. The third-order valence-electron chi connectivity index (χ3n) is 4.67. The molecule has 1 aromatic carbocycles. The standard InChI is InChI=1S/C17H17F3N4O/c18-17(19,20)14-8-12(10-6-7-10)22-15-9-13(23-24(14)15)16(25)21-11-4-2-1-3-5-11/h1-5,9-10,12,14,22H,6-8H2,(H,21,25)/t12-,14+/m0/s1. The van der Waals surface area contributed by atoms with Crippen LogP contribution < -0.4 is 10.6 Å². The van der Waals surface area contributed by atoms with E-state index in [-0.39, 0.29) is 29.9 Å². The Hall–Kier alpha value is -2.51. The van der Waals surface area contributed by atoms with E-state index >= 15 is 0 Å². The lowest BCUT2D eigenvalue weighted by molar-refractivity contribution is -0.174. The number of anilines is 2. The third kappa shape index (κ3) is 3.20. The van der Waals surface area contributed by atoms with Gasteiger partial charge in [0.1, 0.15) is 5.82 Å². The van der Waals surface area contributed by atoms with Gasteiger partial charge in [-0.3, -0.25) is 4.79 Å². The van der Waals surface area contributed by atoms with Crippen LogP contribution in [0.15, 0.2) is 36.4 Å². The number of benzene rings is 1. The van der Waals surface area contributed by atoms with E-state index in [2.05, 4.69) is 15.7 Å². The summed E-state index contributed by atoms with van der Waals surface area (Å²) in [7, 11) is 0. The molecule has 1 saturated carbocycles. The first kappa shape index (κ1) is 16.0. The first-order chi connectivity index (χ1) is 11.9. The highest BCUT2D eigenvalue weighted by Crippen LogP contribution is 2.45. The molecule has 2 aromatic rings. The van der Waals surface area contributed by atoms with E-state index < -0.39 is 18.1 Å². The molecule has 0 unspecified atom stereocenters. The van der Waals surface area contributed by atoms with E-state index in [1.807, 2.05) is 0 Å². The minimum Gasteiger partial charge on any atom is -0.367 e. The molecule has 0 spiro atoms. The van der Waals surface area contributed by atoms with Crippen molar-refractivity contribution in [1.82, 2.24) is 9.78 Å². The molecule has 2 atom stereocenters. The van der Waals surface area contributed by atoms with Gasteiger partial charge in [-0.2, -0.15) is 18.3 Å². The zero-order valence-corrected chi connectivity index (χ0v) is 13.3. The van der Waals surface area contributed by atoms with Gasteiger partial charge >= 0.3 is 6.18 Å². The third-order valence-corrected chi connectivity index (χ3v) is 4.67. The molecule has 1 aromatic heterocycles. The molecule has 1 fully saturated rings. The van der Waals surface area contributed by atoms with E-state index in [0.29, 0.717) is 5.69 Å². The molecule has 1 aliphatic carbocycles. The van der Waals surface area contributed by atoms with Gasteiger partial charge in [0.25, 0.3) is 5.91 Å². The van der Waals surface area contributed by atoms with Crippen LogP contribution in [-0.4, -0.2) is 27.9 Å². The summed E-state index contributed by atoms with van der Waals surface area (Å²) >= 11 is 0. The molecule has 0 radical (unpaired) electrons. The molecule has 2 heterocycles. The number of carbonyl (C=O) groups excluding carboxylic acids is 1. The fourth-order valence-electron chi connectivity index (χ4n) is 3.24. The van der Waals surface area contributed by atoms with E-state index in [4.69, 9.17) is 0 Å². The smallest absolute Gasteiger partial charge is 0.367 e. The lowest BCUT2D eigenvalue weighted by Gasteiger charge is -2.33. The van der Waals surface area contributed by atoms with Crippen molar-refractivity contribution in [2.24, 2.45) is 5.92 Å². The van der Waals surface area contributed by atoms with Crippen molar-refractivity contribution in [3.05, 3.63) is 42.1 Å². The van der Waals surface area contributed by atoms with Crippen molar-refractivity contribution in [1.29, 1.82) is 0 Å². The Balaban J connectivity index is 1.61. The Labute approximate surface area is 142 Å². The summed E-state index contributed by atoms with van der Waals surface area (Å²) < 4.78 is 41.2. The summed E-state index contributed by atoms with van der Waals surface area (Å²) in [6.45, 7) is 0. The van der Waals surface area contributed by atoms with E-state index in [0.717, 1.165) is 17.5 Å². The van der Waals surface area contributed by atoms with Crippen molar-refractivity contribution in [3.8, 4) is 0 Å². The fourth-order valence-corrected chi connectivity index (χ4v) is 3.24. The number of alkyl halides is 3. The number of fused-ring (bicyclic) bond motifs is 1. The van der Waals surface area contributed by atoms with Gasteiger partial charge < -0.3 is 10.6 Å². The number of aromatic nitrogens is 2. The van der Waals surface area contributed by atoms with Gasteiger partial charge in [0.15, 0.2) is 11.7 Å². The summed E-state index contributed by atoms with van der Waals surface area (Å²) in [6.07, 6.45) is -2.57. The number of halogens is 3. The predicted molar refractivity (Wildman–Crippen MR) is 86.5 cm³/mol. The molecule has 25 heavy (non-hydrogen) atoms. The number of carbonyl (C=O) groups is 1. The molecule has 2 N–H and O–H groups in total. The van der Waals surface area contributed by atoms with Gasteiger partial charge in [-0.25, -0.2) is 4.68 Å². The van der Waals surface area contributed by atoms with Crippen molar-refractivity contribution < 1.29 is 18.0 Å². The molecule has 1 aliphatic heterocycles. The second-order valence-electron chi connectivity index (χ2n) is 6.56. The SMILES string of the molecule is O=C(Nc1ccccc1)c1cc2n(n1)[C@@H](C(F)(F)F)C[C@@H](C1CC1)N2. The van der Waals surface area contributed by atoms with Crippen molar-refractivity contribution in [2.45, 2.75) is 37.5 Å². The Morgan fingerprint density at radius 3 is 2.60 bits per heavy atom. The van der Waals surface area contributed by atoms with Gasteiger partial charge in [0.2, 0.25) is 0 Å². The fraction of sp³-hybridized carbons (Fsp3) is 0.412. The van der Waals surface area contributed by atoms with E-state index in [1.165, 1.54) is 6.07 Å². The molecular formula is C17H17F3N4O. The Bertz CT molecular complexity index is 783. The largest absolute Gasteiger partial charge is 0.410 e. The monoisotopic (exact) mass is 350 g/mol. The maximum atomic E-state index is 13.4. The maximum Gasteiger partial charge on any atom is 0.410 e. The van der Waals surface area contributed by atoms with Crippen LogP contribution in [0.3, 0.4) is 0 Å². The molecule has 5 nitrogen and oxygen atoms in total. The minimum absolute atomic E-state index is 0.0305. The normalized spacial score (nSPS) is 22.8. The summed E-state index contributed by atoms with van der Waals surface area (Å²) in [4.78, 5) is 12.3. The van der Waals surface area contributed by atoms with Gasteiger partial charge in [0.05, 0.1) is 0 Å². The number of nitrogens with one attached hydrogen (secondary N) is 2. The van der Waals surface area contributed by atoms with Crippen LogP contribution in [-0.2, 0) is 0 Å². The van der Waals surface area contributed by atoms with Gasteiger partial charge in [-0.1, -0.05) is 18.2 Å². The lowest BCUT2D eigenvalue weighted by atomic mass is 10.0. The van der Waals surface area contributed by atoms with Crippen molar-refractivity contribution in [2.75, 3.05) is 10.6 Å². The molecule has 4 rings (SSSR count). The van der Waals surface area contributed by atoms with Crippen LogP contribution in [0.5, 0.6) is 0 Å². The summed E-state index contributed by atoms with van der Waals surface area (Å²) in [6, 6.07) is 8.20. The number of amides is 1. The second-order valence-corrected chi connectivity index (χ2v) is 6.56. The predicted octanol–water partition coefficient (Wildman–Crippen LogP) is 3.83. The lowest BCUT2D eigenvalue weighted by Crippen LogP contribution is -2.40. The topological polar surface area (TPSA) is 59.0 Å². The van der Waals surface area contributed by atoms with Gasteiger partial charge in [-0.15, -0.1) is 0 Å². The van der Waals surface area contributed by atoms with Crippen LogP contribution in [0.2, 0.25) is 0 Å². The van der Waals surface area contributed by atoms with Crippen LogP contribution >= 0.6 is 0 Å². The Morgan fingerprint density at radius 2 is 1.96 bits per heavy atom. The first-order valence-electron chi connectivity index (χ1n) is 8.21. The van der Waals surface area contributed by atoms with Gasteiger partial charge in [-0.05, 0) is 37.3 Å². The summed E-state index contributed by atoms with van der Waals surface area (Å²) in [5.41, 5.74) is 0.534. The van der Waals surface area contributed by atoms with E-state index in [1.54, 1.807) is 30.3 Å². The van der Waals surface area contributed by atoms with Crippen molar-refractivity contribution in [3.63, 3.8) is 0 Å². The molecule has 132 valence electrons. The zero-order chi connectivity index (χ0) is 17.6. The number of hydrogen-bond acceptors (Lipinski definition) is 3. The molecule has 8 heteroatoms. The Kier molecular flexibility index (Phi) is 3.70. The number of nitrogens with zero attached hydrogens (tertiary/aromatic N) is 2. The van der Waals surface area contributed by atoms with E-state index in [9.17, 15) is 18.0 Å². The average molecular weight is 350 g/mol. The average Bonchev–Trinajstić information content (AvgIpc) is 3.32. The van der Waals surface area contributed by atoms with Crippen LogP contribution in [0.1, 0.15) is 35.8 Å². The van der Waals surface area contributed by atoms with Crippen LogP contribution in [0.25, 0.3) is 0 Å². The second kappa shape index (κ2) is 5.79. The summed E-state index contributed by atoms with van der Waals surface area (Å²) in [5.74, 6) is -0.00224. The zero-order valence-electron chi connectivity index (χ0n) is 13.3.